The summed E-state index contributed by atoms with van der Waals surface area (Å²) < 4.78 is 10.3. The molecule has 0 aromatic rings. The molecule has 0 aliphatic carbocycles. The summed E-state index contributed by atoms with van der Waals surface area (Å²) in [6.07, 6.45) is 0. The third-order valence-electron chi connectivity index (χ3n) is 1.000. The molecule has 0 saturated carbocycles. The molecule has 28 nitrogen and oxygen atoms in total. The Morgan fingerprint density at radius 3 is 0.214 bits per heavy atom. The van der Waals surface area contributed by atoms with Gasteiger partial charge in [0.15, 0.2) is 0 Å². The van der Waals surface area contributed by atoms with E-state index >= 15 is 0 Å². The summed E-state index contributed by atoms with van der Waals surface area (Å²) in [6, 6.07) is 0. The van der Waals surface area contributed by atoms with Crippen LogP contribution in [0.2, 0.25) is 0 Å². The molecule has 42 heavy (non-hydrogen) atoms. The van der Waals surface area contributed by atoms with Gasteiger partial charge in [-0.25, -0.2) is 0 Å². The minimum Gasteiger partial charge on any atom is -0.862 e. The largest absolute Gasteiger partial charge is 4.00 e. The van der Waals surface area contributed by atoms with Crippen molar-refractivity contribution in [3.05, 3.63) is 0 Å². The molecular weight excluding hydrogens is 960 g/mol. The van der Waals surface area contributed by atoms with Crippen molar-refractivity contribution in [1.82, 2.24) is 0 Å². The van der Waals surface area contributed by atoms with Crippen molar-refractivity contribution in [2.24, 2.45) is 0 Å². The Labute approximate surface area is 330 Å². The van der Waals surface area contributed by atoms with E-state index in [1.807, 2.05) is 0 Å². The molecule has 0 aliphatic heterocycles. The van der Waals surface area contributed by atoms with Gasteiger partial charge in [0.05, 0.1) is 0 Å². The topological polar surface area (TPSA) is 590 Å². The Kier molecular flexibility index (Phi) is 49.4. The maximum Gasteiger partial charge on any atom is 4.00 e. The van der Waals surface area contributed by atoms with Crippen LogP contribution in [-0.4, -0.2) is 72.4 Å². The molecule has 224 valence electrons. The van der Waals surface area contributed by atoms with Gasteiger partial charge >= 0.3 is 130 Å². The van der Waals surface area contributed by atoms with Gasteiger partial charge in [-0.05, 0) is 0 Å². The number of hydrogen-bond acceptors (Lipinski definition) is 28. The van der Waals surface area contributed by atoms with Crippen molar-refractivity contribution >= 4 is 72.4 Å². The van der Waals surface area contributed by atoms with Crippen molar-refractivity contribution in [3.8, 4) is 0 Å². The van der Waals surface area contributed by atoms with E-state index in [0.717, 1.165) is 0 Å². The van der Waals surface area contributed by atoms with Crippen LogP contribution in [0.1, 0.15) is 0 Å². The van der Waals surface area contributed by atoms with Crippen molar-refractivity contribution in [2.75, 3.05) is 0 Å². The van der Waals surface area contributed by atoms with Gasteiger partial charge in [0.25, 0.3) is 0 Å². The number of hydrogen-bond donors (Lipinski definition) is 0. The summed E-state index contributed by atoms with van der Waals surface area (Å²) in [4.78, 5) is 225. The van der Waals surface area contributed by atoms with E-state index in [1.165, 1.54) is 0 Å². The minimum atomic E-state index is -5.92. The van der Waals surface area contributed by atoms with Gasteiger partial charge < -0.3 is 132 Å². The Bertz CT molecular complexity index is 417. The fourth-order valence-electron chi connectivity index (χ4n) is 0.612. The molecule has 0 spiro atoms. The van der Waals surface area contributed by atoms with Crippen LogP contribution in [0, 0.1) is 0 Å². The van der Waals surface area contributed by atoms with Gasteiger partial charge in [-0.3, -0.25) is 0 Å². The second-order valence-corrected chi connectivity index (χ2v) is 15.7. The Balaban J connectivity index is -0.0000000388. The van der Waals surface area contributed by atoms with Crippen LogP contribution < -0.4 is 115 Å². The summed E-state index contributed by atoms with van der Waals surface area (Å²) in [6.45, 7) is 0. The van der Waals surface area contributed by atoms with E-state index in [2.05, 4.69) is 16.5 Å². The normalized spacial score (nSPS) is 12.0. The van der Waals surface area contributed by atoms with Crippen molar-refractivity contribution in [1.29, 1.82) is 0 Å². The molecule has 0 N–H and O–H groups in total. The molecular formula is O28Si8Ti6. The first-order chi connectivity index (χ1) is 14.8. The van der Waals surface area contributed by atoms with E-state index in [-0.39, 0.29) is 130 Å². The second kappa shape index (κ2) is 28.6. The number of rotatable bonds is 8. The molecule has 0 bridgehead atoms. The molecule has 0 unspecified atom stereocenters. The maximum absolute atomic E-state index is 9.36. The van der Waals surface area contributed by atoms with Crippen LogP contribution in [0.3, 0.4) is 0 Å². The SMILES string of the molecule is [O-][Si]([O-])([O-])O[Si]([O-])([O-])[O-].[O-][Si]([O-])([O-])O[Si]([O-])([O-])[O-].[O-][Si]([O-])([O-])O[Si]([O-])([O-])[O-].[O-][Si]([O-])([O-])O[Si]([O-])([O-])[O-].[Ti+4].[Ti+4].[Ti+4].[Ti+4].[Ti+4].[Ti+4]. The van der Waals surface area contributed by atoms with Gasteiger partial charge in [0.1, 0.15) is 0 Å². The molecule has 0 heterocycles. The predicted octanol–water partition coefficient (Wildman–Crippen LogP) is -31.9. The molecule has 42 heteroatoms. The Morgan fingerprint density at radius 2 is 0.214 bits per heavy atom. The van der Waals surface area contributed by atoms with Gasteiger partial charge in [0, 0.05) is 0 Å². The van der Waals surface area contributed by atoms with E-state index in [9.17, 15) is 115 Å². The van der Waals surface area contributed by atoms with Crippen molar-refractivity contribution < 1.29 is 262 Å². The average Bonchev–Trinajstić information content (AvgIpc) is 2.19. The first-order valence-corrected chi connectivity index (χ1v) is 19.6. The molecule has 0 saturated heterocycles. The maximum atomic E-state index is 9.36. The summed E-state index contributed by atoms with van der Waals surface area (Å²) in [5.74, 6) is 0. The molecule has 0 rings (SSSR count). The van der Waals surface area contributed by atoms with Crippen molar-refractivity contribution in [3.63, 3.8) is 0 Å². The van der Waals surface area contributed by atoms with E-state index in [0.29, 0.717) is 0 Å². The molecule has 0 atom stereocenters. The summed E-state index contributed by atoms with van der Waals surface area (Å²) in [5, 5.41) is 0. The van der Waals surface area contributed by atoms with Crippen LogP contribution in [0.4, 0.5) is 0 Å². The average molecular weight is 960 g/mol. The van der Waals surface area contributed by atoms with Crippen LogP contribution in [0.25, 0.3) is 0 Å². The molecule has 0 aliphatic rings. The third-order valence-corrected chi connectivity index (χ3v) is 9.00. The Hall–Kier alpha value is 4.90. The first-order valence-electron chi connectivity index (χ1n) is 6.53. The second-order valence-electron chi connectivity index (χ2n) is 4.41. The van der Waals surface area contributed by atoms with Gasteiger partial charge in [0.2, 0.25) is 0 Å². The molecule has 0 aromatic carbocycles. The van der Waals surface area contributed by atoms with Gasteiger partial charge in [-0.15, -0.1) is 72.4 Å². The summed E-state index contributed by atoms with van der Waals surface area (Å²) in [7, 11) is -47.3. The van der Waals surface area contributed by atoms with E-state index in [1.54, 1.807) is 0 Å². The van der Waals surface area contributed by atoms with Crippen LogP contribution in [0.5, 0.6) is 0 Å². The zero-order valence-electron chi connectivity index (χ0n) is 18.4. The zero-order chi connectivity index (χ0) is 30.8. The first kappa shape index (κ1) is 72.6. The van der Waals surface area contributed by atoms with Crippen LogP contribution in [0.15, 0.2) is 0 Å². The van der Waals surface area contributed by atoms with Crippen molar-refractivity contribution in [2.45, 2.75) is 0 Å². The smallest absolute Gasteiger partial charge is 0.862 e. The Morgan fingerprint density at radius 1 is 0.167 bits per heavy atom. The standard InChI is InChI=1S/4O7Si2.6Ti/c4*1-8(2,3)7-9(4,5)6;;;;;;/q4*-6;6*+4. The summed E-state index contributed by atoms with van der Waals surface area (Å²) >= 11 is 0. The minimum absolute atomic E-state index is 0. The fraction of sp³-hybridized carbons (Fsp3) is 0. The molecule has 0 fully saturated rings. The van der Waals surface area contributed by atoms with E-state index in [4.69, 9.17) is 0 Å². The molecule has 0 aromatic heterocycles. The van der Waals surface area contributed by atoms with Crippen LogP contribution >= 0.6 is 0 Å². The monoisotopic (exact) mass is 959 g/mol. The molecule has 0 radical (unpaired) electrons. The van der Waals surface area contributed by atoms with Crippen LogP contribution in [-0.2, 0) is 147 Å². The predicted molar refractivity (Wildman–Crippen MR) is 50.4 cm³/mol. The fourth-order valence-corrected chi connectivity index (χ4v) is 5.51. The third kappa shape index (κ3) is 104. The van der Waals surface area contributed by atoms with Gasteiger partial charge in [-0.2, -0.15) is 0 Å². The summed E-state index contributed by atoms with van der Waals surface area (Å²) in [5.41, 5.74) is 0. The zero-order valence-corrected chi connectivity index (χ0v) is 35.8. The van der Waals surface area contributed by atoms with Gasteiger partial charge in [-0.1, -0.05) is 0 Å². The van der Waals surface area contributed by atoms with E-state index < -0.39 is 72.4 Å². The quantitative estimate of drug-likeness (QED) is 0.204. The molecule has 0 amide bonds.